The number of amides is 1. The van der Waals surface area contributed by atoms with Crippen LogP contribution in [-0.2, 0) is 6.42 Å². The molecule has 0 spiro atoms. The van der Waals surface area contributed by atoms with E-state index in [1.165, 1.54) is 6.20 Å². The lowest BCUT2D eigenvalue weighted by molar-refractivity contribution is 0.102. The van der Waals surface area contributed by atoms with Crippen molar-refractivity contribution < 1.29 is 4.79 Å². The fourth-order valence-corrected chi connectivity index (χ4v) is 1.37. The summed E-state index contributed by atoms with van der Waals surface area (Å²) in [6.07, 6.45) is 2.21. The van der Waals surface area contributed by atoms with Crippen LogP contribution in [0.4, 0.5) is 11.5 Å². The Hall–Kier alpha value is -2.44. The standard InChI is InChI=1S/C10H12N6O/c1-2-6-8(11)9(16-14-6)10(17)13-7-4-3-5-12-15-7/h3-5H,2,11H2,1H3,(H,14,16)(H,13,15,17). The number of aryl methyl sites for hydroxylation is 1. The van der Waals surface area contributed by atoms with Gasteiger partial charge in [0, 0.05) is 6.20 Å². The fourth-order valence-electron chi connectivity index (χ4n) is 1.37. The van der Waals surface area contributed by atoms with E-state index in [9.17, 15) is 4.79 Å². The van der Waals surface area contributed by atoms with Crippen molar-refractivity contribution in [2.75, 3.05) is 11.1 Å². The highest BCUT2D eigenvalue weighted by molar-refractivity contribution is 6.06. The van der Waals surface area contributed by atoms with Crippen LogP contribution in [0, 0.1) is 0 Å². The summed E-state index contributed by atoms with van der Waals surface area (Å²) in [5, 5.41) is 16.5. The Kier molecular flexibility index (Phi) is 2.99. The van der Waals surface area contributed by atoms with Gasteiger partial charge in [0.25, 0.3) is 5.91 Å². The molecule has 0 saturated carbocycles. The van der Waals surface area contributed by atoms with Gasteiger partial charge in [-0.2, -0.15) is 10.2 Å². The molecule has 0 atom stereocenters. The summed E-state index contributed by atoms with van der Waals surface area (Å²) in [6.45, 7) is 1.92. The van der Waals surface area contributed by atoms with Crippen LogP contribution >= 0.6 is 0 Å². The molecule has 0 unspecified atom stereocenters. The number of H-pyrrole nitrogens is 1. The average Bonchev–Trinajstić information content (AvgIpc) is 2.71. The van der Waals surface area contributed by atoms with Crippen molar-refractivity contribution in [3.05, 3.63) is 29.7 Å². The van der Waals surface area contributed by atoms with Crippen molar-refractivity contribution in [2.24, 2.45) is 0 Å². The van der Waals surface area contributed by atoms with Gasteiger partial charge in [-0.15, -0.1) is 5.10 Å². The quantitative estimate of drug-likeness (QED) is 0.717. The van der Waals surface area contributed by atoms with Crippen molar-refractivity contribution in [3.8, 4) is 0 Å². The molecule has 2 aromatic rings. The van der Waals surface area contributed by atoms with Crippen molar-refractivity contribution in [3.63, 3.8) is 0 Å². The molecule has 17 heavy (non-hydrogen) atoms. The molecule has 2 aromatic heterocycles. The number of aromatic nitrogens is 4. The largest absolute Gasteiger partial charge is 0.395 e. The van der Waals surface area contributed by atoms with Crippen molar-refractivity contribution in [2.45, 2.75) is 13.3 Å². The Morgan fingerprint density at radius 2 is 2.41 bits per heavy atom. The number of nitrogens with zero attached hydrogens (tertiary/aromatic N) is 3. The molecular weight excluding hydrogens is 220 g/mol. The molecule has 0 aliphatic rings. The van der Waals surface area contributed by atoms with E-state index in [0.717, 1.165) is 5.69 Å². The third-order valence-electron chi connectivity index (χ3n) is 2.27. The lowest BCUT2D eigenvalue weighted by Gasteiger charge is -2.01. The van der Waals surface area contributed by atoms with E-state index >= 15 is 0 Å². The van der Waals surface area contributed by atoms with Gasteiger partial charge in [0.1, 0.15) is 0 Å². The number of anilines is 2. The van der Waals surface area contributed by atoms with Gasteiger partial charge >= 0.3 is 0 Å². The summed E-state index contributed by atoms with van der Waals surface area (Å²) < 4.78 is 0. The van der Waals surface area contributed by atoms with Crippen molar-refractivity contribution in [1.82, 2.24) is 20.4 Å². The number of nitrogens with one attached hydrogen (secondary N) is 2. The Morgan fingerprint density at radius 3 is 3.00 bits per heavy atom. The lowest BCUT2D eigenvalue weighted by atomic mass is 10.2. The minimum Gasteiger partial charge on any atom is -0.395 e. The number of carbonyl (C=O) groups excluding carboxylic acids is 1. The second kappa shape index (κ2) is 4.60. The zero-order valence-corrected chi connectivity index (χ0v) is 9.27. The van der Waals surface area contributed by atoms with Gasteiger partial charge in [-0.05, 0) is 18.6 Å². The van der Waals surface area contributed by atoms with Crippen LogP contribution < -0.4 is 11.1 Å². The number of hydrogen-bond acceptors (Lipinski definition) is 5. The van der Waals surface area contributed by atoms with Crippen molar-refractivity contribution >= 4 is 17.4 Å². The predicted molar refractivity (Wildman–Crippen MR) is 62.4 cm³/mol. The van der Waals surface area contributed by atoms with Gasteiger partial charge in [-0.1, -0.05) is 6.92 Å². The summed E-state index contributed by atoms with van der Waals surface area (Å²) >= 11 is 0. The average molecular weight is 232 g/mol. The van der Waals surface area contributed by atoms with E-state index in [-0.39, 0.29) is 5.69 Å². The van der Waals surface area contributed by atoms with Crippen LogP contribution in [0.3, 0.4) is 0 Å². The Balaban J connectivity index is 2.18. The van der Waals surface area contributed by atoms with E-state index in [0.29, 0.717) is 17.9 Å². The summed E-state index contributed by atoms with van der Waals surface area (Å²) in [5.74, 6) is -0.0445. The maximum atomic E-state index is 11.8. The number of aromatic amines is 1. The molecular formula is C10H12N6O. The minimum atomic E-state index is -0.404. The molecule has 0 radical (unpaired) electrons. The van der Waals surface area contributed by atoms with E-state index in [1.54, 1.807) is 12.1 Å². The molecule has 7 nitrogen and oxygen atoms in total. The zero-order chi connectivity index (χ0) is 12.3. The number of nitrogen functional groups attached to an aromatic ring is 1. The van der Waals surface area contributed by atoms with Crippen LogP contribution in [0.1, 0.15) is 23.1 Å². The number of rotatable bonds is 3. The number of hydrogen-bond donors (Lipinski definition) is 3. The first kappa shape index (κ1) is 11.1. The maximum absolute atomic E-state index is 11.8. The van der Waals surface area contributed by atoms with Gasteiger partial charge in [0.15, 0.2) is 11.5 Å². The summed E-state index contributed by atoms with van der Waals surface area (Å²) in [5.41, 5.74) is 7.07. The summed E-state index contributed by atoms with van der Waals surface area (Å²) in [7, 11) is 0. The first-order chi connectivity index (χ1) is 8.22. The highest BCUT2D eigenvalue weighted by Crippen LogP contribution is 2.15. The van der Waals surface area contributed by atoms with Crippen molar-refractivity contribution in [1.29, 1.82) is 0 Å². The maximum Gasteiger partial charge on any atom is 0.279 e. The molecule has 0 saturated heterocycles. The second-order valence-electron chi connectivity index (χ2n) is 3.38. The van der Waals surface area contributed by atoms with Gasteiger partial charge in [0.2, 0.25) is 0 Å². The van der Waals surface area contributed by atoms with E-state index in [2.05, 4.69) is 25.7 Å². The molecule has 88 valence electrons. The molecule has 7 heteroatoms. The topological polar surface area (TPSA) is 110 Å². The van der Waals surface area contributed by atoms with E-state index < -0.39 is 5.91 Å². The molecule has 1 amide bonds. The summed E-state index contributed by atoms with van der Waals surface area (Å²) in [4.78, 5) is 11.8. The van der Waals surface area contributed by atoms with Gasteiger partial charge in [-0.3, -0.25) is 9.89 Å². The van der Waals surface area contributed by atoms with Crippen LogP contribution in [0.15, 0.2) is 18.3 Å². The Morgan fingerprint density at radius 1 is 1.59 bits per heavy atom. The third kappa shape index (κ3) is 2.22. The molecule has 2 heterocycles. The smallest absolute Gasteiger partial charge is 0.279 e. The predicted octanol–water partition coefficient (Wildman–Crippen LogP) is 0.597. The molecule has 0 aromatic carbocycles. The minimum absolute atomic E-state index is 0.174. The zero-order valence-electron chi connectivity index (χ0n) is 9.27. The molecule has 0 bridgehead atoms. The van der Waals surface area contributed by atoms with Crippen LogP contribution in [0.2, 0.25) is 0 Å². The van der Waals surface area contributed by atoms with E-state index in [4.69, 9.17) is 5.73 Å². The fraction of sp³-hybridized carbons (Fsp3) is 0.200. The van der Waals surface area contributed by atoms with E-state index in [1.807, 2.05) is 6.92 Å². The van der Waals surface area contributed by atoms with Crippen LogP contribution in [0.5, 0.6) is 0 Å². The normalized spacial score (nSPS) is 10.2. The molecule has 2 rings (SSSR count). The highest BCUT2D eigenvalue weighted by atomic mass is 16.2. The van der Waals surface area contributed by atoms with Gasteiger partial charge in [0.05, 0.1) is 11.4 Å². The second-order valence-corrected chi connectivity index (χ2v) is 3.38. The van der Waals surface area contributed by atoms with Crippen LogP contribution in [0.25, 0.3) is 0 Å². The number of carbonyl (C=O) groups is 1. The first-order valence-corrected chi connectivity index (χ1v) is 5.14. The molecule has 0 aliphatic carbocycles. The van der Waals surface area contributed by atoms with Gasteiger partial charge < -0.3 is 11.1 Å². The monoisotopic (exact) mass is 232 g/mol. The summed E-state index contributed by atoms with van der Waals surface area (Å²) in [6, 6.07) is 3.31. The van der Waals surface area contributed by atoms with Crippen LogP contribution in [-0.4, -0.2) is 26.3 Å². The Bertz CT molecular complexity index is 521. The Labute approximate surface area is 97.4 Å². The SMILES string of the molecule is CCc1[nH]nc(C(=O)Nc2cccnn2)c1N. The third-order valence-corrected chi connectivity index (χ3v) is 2.27. The molecule has 4 N–H and O–H groups in total. The molecule has 0 fully saturated rings. The first-order valence-electron chi connectivity index (χ1n) is 5.14. The van der Waals surface area contributed by atoms with Gasteiger partial charge in [-0.25, -0.2) is 0 Å². The lowest BCUT2D eigenvalue weighted by Crippen LogP contribution is -2.15. The molecule has 0 aliphatic heterocycles. The highest BCUT2D eigenvalue weighted by Gasteiger charge is 2.16. The number of nitrogens with two attached hydrogens (primary N) is 1.